The third-order valence-electron chi connectivity index (χ3n) is 5.45. The molecule has 0 unspecified atom stereocenters. The first-order valence-corrected chi connectivity index (χ1v) is 12.9. The first kappa shape index (κ1) is 25.9. The maximum Gasteiger partial charge on any atom is 0.283 e. The van der Waals surface area contributed by atoms with Gasteiger partial charge in [0.05, 0.1) is 16.4 Å². The van der Waals surface area contributed by atoms with E-state index in [0.717, 1.165) is 6.07 Å². The molecule has 7 nitrogen and oxygen atoms in total. The van der Waals surface area contributed by atoms with Crippen molar-refractivity contribution in [3.63, 3.8) is 0 Å². The van der Waals surface area contributed by atoms with Crippen LogP contribution in [-0.2, 0) is 9.59 Å². The Morgan fingerprint density at radius 1 is 0.947 bits per heavy atom. The maximum atomic E-state index is 14.2. The summed E-state index contributed by atoms with van der Waals surface area (Å²) in [6, 6.07) is 16.6. The fourth-order valence-electron chi connectivity index (χ4n) is 3.67. The molecule has 0 saturated carbocycles. The molecule has 190 valence electrons. The Kier molecular flexibility index (Phi) is 7.18. The molecular weight excluding hydrogens is 574 g/mol. The van der Waals surface area contributed by atoms with E-state index in [1.807, 2.05) is 0 Å². The zero-order chi connectivity index (χ0) is 27.0. The maximum absolute atomic E-state index is 14.2. The Labute approximate surface area is 234 Å². The van der Waals surface area contributed by atoms with Crippen LogP contribution in [0.25, 0.3) is 11.3 Å². The number of hydrogen-bond donors (Lipinski definition) is 2. The van der Waals surface area contributed by atoms with Crippen molar-refractivity contribution in [1.29, 1.82) is 0 Å². The second-order valence-electron chi connectivity index (χ2n) is 7.91. The van der Waals surface area contributed by atoms with Crippen molar-refractivity contribution in [2.45, 2.75) is 0 Å². The fourth-order valence-corrected chi connectivity index (χ4v) is 5.09. The van der Waals surface area contributed by atoms with Crippen molar-refractivity contribution >= 4 is 80.4 Å². The van der Waals surface area contributed by atoms with Crippen molar-refractivity contribution < 1.29 is 18.8 Å². The number of halogens is 4. The molecule has 0 bridgehead atoms. The van der Waals surface area contributed by atoms with Crippen LogP contribution >= 0.6 is 46.1 Å². The molecule has 0 spiro atoms. The number of nitrogens with one attached hydrogen (secondary N) is 2. The van der Waals surface area contributed by atoms with Gasteiger partial charge in [-0.3, -0.25) is 19.7 Å². The van der Waals surface area contributed by atoms with E-state index in [2.05, 4.69) is 15.6 Å². The molecule has 38 heavy (non-hydrogen) atoms. The number of hydrogen-bond acceptors (Lipinski definition) is 6. The van der Waals surface area contributed by atoms with Gasteiger partial charge in [0.1, 0.15) is 16.5 Å². The Morgan fingerprint density at radius 2 is 1.74 bits per heavy atom. The van der Waals surface area contributed by atoms with E-state index in [4.69, 9.17) is 34.8 Å². The molecule has 3 amide bonds. The Morgan fingerprint density at radius 3 is 2.50 bits per heavy atom. The number of carbonyl (C=O) groups excluding carboxylic acids is 3. The minimum atomic E-state index is -0.862. The number of amides is 3. The summed E-state index contributed by atoms with van der Waals surface area (Å²) in [4.78, 5) is 43.5. The van der Waals surface area contributed by atoms with E-state index in [1.165, 1.54) is 35.6 Å². The van der Waals surface area contributed by atoms with E-state index in [-0.39, 0.29) is 16.9 Å². The van der Waals surface area contributed by atoms with E-state index in [9.17, 15) is 18.8 Å². The molecule has 5 rings (SSSR count). The van der Waals surface area contributed by atoms with Crippen molar-refractivity contribution in [2.75, 3.05) is 15.5 Å². The third kappa shape index (κ3) is 5.01. The van der Waals surface area contributed by atoms with Crippen LogP contribution in [-0.4, -0.2) is 22.7 Å². The summed E-state index contributed by atoms with van der Waals surface area (Å²) in [5.74, 6) is -2.89. The van der Waals surface area contributed by atoms with Crippen molar-refractivity contribution in [3.8, 4) is 11.3 Å². The predicted molar refractivity (Wildman–Crippen MR) is 147 cm³/mol. The van der Waals surface area contributed by atoms with Crippen LogP contribution in [0.5, 0.6) is 0 Å². The highest BCUT2D eigenvalue weighted by Gasteiger charge is 2.40. The smallest absolute Gasteiger partial charge is 0.283 e. The number of nitrogens with zero attached hydrogens (tertiary/aromatic N) is 2. The summed E-state index contributed by atoms with van der Waals surface area (Å²) in [5.41, 5.74) is 1.36. The zero-order valence-corrected chi connectivity index (χ0v) is 22.1. The lowest BCUT2D eigenvalue weighted by atomic mass is 10.2. The topological polar surface area (TPSA) is 91.4 Å². The molecule has 0 fully saturated rings. The molecule has 3 aromatic carbocycles. The number of imide groups is 1. The number of anilines is 3. The number of aromatic nitrogens is 1. The van der Waals surface area contributed by atoms with Crippen LogP contribution in [0.1, 0.15) is 10.4 Å². The lowest BCUT2D eigenvalue weighted by molar-refractivity contribution is -0.120. The SMILES string of the molecule is O=C(Nc1nc(-c2ccc(Cl)cc2Cl)cs1)c1cccc(NC2=C(Cl)C(=O)N(c3ccccc3F)C2=O)c1. The monoisotopic (exact) mass is 586 g/mol. The van der Waals surface area contributed by atoms with Crippen LogP contribution in [0.15, 0.2) is 82.8 Å². The molecule has 1 aromatic heterocycles. The molecule has 4 aromatic rings. The summed E-state index contributed by atoms with van der Waals surface area (Å²) < 4.78 is 14.2. The highest BCUT2D eigenvalue weighted by molar-refractivity contribution is 7.14. The van der Waals surface area contributed by atoms with E-state index >= 15 is 0 Å². The number of thiazole rings is 1. The average molecular weight is 588 g/mol. The Balaban J connectivity index is 1.32. The Hall–Kier alpha value is -3.76. The van der Waals surface area contributed by atoms with Crippen molar-refractivity contribution in [3.05, 3.63) is 104 Å². The summed E-state index contributed by atoms with van der Waals surface area (Å²) in [6.45, 7) is 0. The van der Waals surface area contributed by atoms with Crippen LogP contribution < -0.4 is 15.5 Å². The summed E-state index contributed by atoms with van der Waals surface area (Å²) in [7, 11) is 0. The van der Waals surface area contributed by atoms with Crippen LogP contribution in [0.3, 0.4) is 0 Å². The highest BCUT2D eigenvalue weighted by Crippen LogP contribution is 2.33. The van der Waals surface area contributed by atoms with Gasteiger partial charge in [-0.1, -0.05) is 53.0 Å². The van der Waals surface area contributed by atoms with Gasteiger partial charge in [0, 0.05) is 27.2 Å². The molecule has 2 N–H and O–H groups in total. The van der Waals surface area contributed by atoms with Gasteiger partial charge < -0.3 is 5.32 Å². The van der Waals surface area contributed by atoms with Gasteiger partial charge in [-0.15, -0.1) is 11.3 Å². The van der Waals surface area contributed by atoms with E-state index < -0.39 is 28.6 Å². The normalized spacial score (nSPS) is 13.3. The minimum absolute atomic E-state index is 0.215. The number of rotatable bonds is 6. The Bertz CT molecular complexity index is 1660. The lowest BCUT2D eigenvalue weighted by Crippen LogP contribution is -2.33. The zero-order valence-electron chi connectivity index (χ0n) is 19.0. The van der Waals surface area contributed by atoms with E-state index in [1.54, 1.807) is 41.8 Å². The van der Waals surface area contributed by atoms with Crippen LogP contribution in [0, 0.1) is 5.82 Å². The van der Waals surface area contributed by atoms with Gasteiger partial charge in [0.15, 0.2) is 5.13 Å². The molecule has 1 aliphatic rings. The van der Waals surface area contributed by atoms with E-state index in [0.29, 0.717) is 37.0 Å². The molecule has 0 atom stereocenters. The summed E-state index contributed by atoms with van der Waals surface area (Å²) in [6.07, 6.45) is 0. The van der Waals surface area contributed by atoms with Crippen LogP contribution in [0.4, 0.5) is 20.9 Å². The minimum Gasteiger partial charge on any atom is -0.350 e. The molecule has 0 saturated heterocycles. The number of benzene rings is 3. The second-order valence-corrected chi connectivity index (χ2v) is 9.99. The molecule has 2 heterocycles. The largest absolute Gasteiger partial charge is 0.350 e. The quantitative estimate of drug-likeness (QED) is 0.238. The lowest BCUT2D eigenvalue weighted by Gasteiger charge is -2.15. The van der Waals surface area contributed by atoms with Gasteiger partial charge >= 0.3 is 0 Å². The fraction of sp³-hybridized carbons (Fsp3) is 0. The van der Waals surface area contributed by atoms with Crippen molar-refractivity contribution in [1.82, 2.24) is 4.98 Å². The first-order valence-electron chi connectivity index (χ1n) is 10.9. The van der Waals surface area contributed by atoms with Gasteiger partial charge in [-0.05, 0) is 48.5 Å². The molecule has 1 aliphatic heterocycles. The first-order chi connectivity index (χ1) is 18.2. The van der Waals surface area contributed by atoms with Crippen molar-refractivity contribution in [2.24, 2.45) is 0 Å². The number of para-hydroxylation sites is 1. The third-order valence-corrected chi connectivity index (χ3v) is 7.10. The highest BCUT2D eigenvalue weighted by atomic mass is 35.5. The standard InChI is InChI=1S/C26H14Cl3FN4O3S/c27-14-8-9-16(17(28)11-14)19-12-38-26(32-19)33-23(35)13-4-3-5-15(10-13)31-22-21(29)24(36)34(25(22)37)20-7-2-1-6-18(20)30/h1-12,31H,(H,32,33,35). The van der Waals surface area contributed by atoms with Gasteiger partial charge in [-0.2, -0.15) is 0 Å². The molecule has 12 heteroatoms. The number of carbonyl (C=O) groups is 3. The van der Waals surface area contributed by atoms with Gasteiger partial charge in [-0.25, -0.2) is 14.3 Å². The van der Waals surface area contributed by atoms with Gasteiger partial charge in [0.2, 0.25) is 0 Å². The second kappa shape index (κ2) is 10.5. The van der Waals surface area contributed by atoms with Gasteiger partial charge in [0.25, 0.3) is 17.7 Å². The summed E-state index contributed by atoms with van der Waals surface area (Å²) >= 11 is 19.5. The summed E-state index contributed by atoms with van der Waals surface area (Å²) in [5, 5.41) is 8.13. The molecule has 0 radical (unpaired) electrons. The molecular formula is C26H14Cl3FN4O3S. The van der Waals surface area contributed by atoms with Crippen LogP contribution in [0.2, 0.25) is 10.0 Å². The molecule has 0 aliphatic carbocycles. The average Bonchev–Trinajstić information content (AvgIpc) is 3.43. The predicted octanol–water partition coefficient (Wildman–Crippen LogP) is 6.94.